The van der Waals surface area contributed by atoms with E-state index >= 15 is 0 Å². The first-order valence-electron chi connectivity index (χ1n) is 9.03. The van der Waals surface area contributed by atoms with E-state index in [0.717, 1.165) is 37.7 Å². The van der Waals surface area contributed by atoms with Crippen molar-refractivity contribution in [2.24, 2.45) is 0 Å². The van der Waals surface area contributed by atoms with Gasteiger partial charge in [0.15, 0.2) is 0 Å². The minimum atomic E-state index is -0.256. The van der Waals surface area contributed by atoms with Crippen molar-refractivity contribution in [3.8, 4) is 0 Å². The lowest BCUT2D eigenvalue weighted by molar-refractivity contribution is 0.0664. The van der Waals surface area contributed by atoms with Crippen molar-refractivity contribution in [1.82, 2.24) is 24.7 Å². The number of urea groups is 1. The number of hydrogen-bond acceptors (Lipinski definition) is 4. The van der Waals surface area contributed by atoms with E-state index < -0.39 is 0 Å². The number of nitrogens with one attached hydrogen (secondary N) is 2. The lowest BCUT2D eigenvalue weighted by atomic mass is 10.1. The minimum absolute atomic E-state index is 0.00128. The molecule has 27 heavy (non-hydrogen) atoms. The molecule has 1 aliphatic heterocycles. The zero-order valence-corrected chi connectivity index (χ0v) is 16.0. The molecule has 0 aliphatic carbocycles. The molecule has 0 atom stereocenters. The van der Waals surface area contributed by atoms with Gasteiger partial charge in [-0.2, -0.15) is 0 Å². The summed E-state index contributed by atoms with van der Waals surface area (Å²) in [5.41, 5.74) is 2.14. The second-order valence-electron chi connectivity index (χ2n) is 6.98. The molecule has 1 fully saturated rings. The Bertz CT molecular complexity index is 810. The van der Waals surface area contributed by atoms with E-state index in [1.54, 1.807) is 37.5 Å². The van der Waals surface area contributed by atoms with Gasteiger partial charge in [0.25, 0.3) is 5.91 Å². The number of amides is 3. The molecule has 1 aliphatic rings. The lowest BCUT2D eigenvalue weighted by Gasteiger charge is -2.32. The second-order valence-corrected chi connectivity index (χ2v) is 6.98. The number of carbonyl (C=O) groups is 2. The van der Waals surface area contributed by atoms with E-state index in [0.29, 0.717) is 17.8 Å². The van der Waals surface area contributed by atoms with Crippen molar-refractivity contribution < 1.29 is 9.59 Å². The smallest absolute Gasteiger partial charge is 0.321 e. The molecule has 2 N–H and O–H groups in total. The summed E-state index contributed by atoms with van der Waals surface area (Å²) >= 11 is 0. The summed E-state index contributed by atoms with van der Waals surface area (Å²) in [7, 11) is 3.75. The van der Waals surface area contributed by atoms with Crippen molar-refractivity contribution in [3.05, 3.63) is 47.5 Å². The van der Waals surface area contributed by atoms with E-state index in [1.807, 2.05) is 11.8 Å². The normalized spacial score (nSPS) is 14.9. The standard InChI is InChI=1S/C19H26N6O2/c1-14-12-20-17(21-14)13-24(3)19(27)22-16-6-4-5-15(11-16)18(26)25-9-7-23(2)8-10-25/h4-6,11-12H,7-10,13H2,1-3H3,(H,20,21)(H,22,27). The Labute approximate surface area is 159 Å². The maximum absolute atomic E-state index is 12.7. The summed E-state index contributed by atoms with van der Waals surface area (Å²) in [5, 5.41) is 2.84. The van der Waals surface area contributed by atoms with Gasteiger partial charge in [-0.05, 0) is 32.2 Å². The monoisotopic (exact) mass is 370 g/mol. The molecule has 1 saturated heterocycles. The van der Waals surface area contributed by atoms with Gasteiger partial charge in [-0.15, -0.1) is 0 Å². The Morgan fingerprint density at radius 1 is 1.26 bits per heavy atom. The summed E-state index contributed by atoms with van der Waals surface area (Å²) < 4.78 is 0. The average molecular weight is 370 g/mol. The fourth-order valence-corrected chi connectivity index (χ4v) is 2.98. The Balaban J connectivity index is 1.61. The molecule has 2 aromatic rings. The highest BCUT2D eigenvalue weighted by molar-refractivity contribution is 5.97. The second kappa shape index (κ2) is 8.22. The molecule has 0 bridgehead atoms. The number of H-pyrrole nitrogens is 1. The van der Waals surface area contributed by atoms with Crippen LogP contribution in [0.3, 0.4) is 0 Å². The summed E-state index contributed by atoms with van der Waals surface area (Å²) in [6.45, 7) is 5.48. The van der Waals surface area contributed by atoms with Gasteiger partial charge in [-0.1, -0.05) is 6.07 Å². The summed E-state index contributed by atoms with van der Waals surface area (Å²) in [5.74, 6) is 0.725. The fourth-order valence-electron chi connectivity index (χ4n) is 2.98. The number of rotatable bonds is 4. The van der Waals surface area contributed by atoms with Crippen molar-refractivity contribution >= 4 is 17.6 Å². The highest BCUT2D eigenvalue weighted by Gasteiger charge is 2.20. The topological polar surface area (TPSA) is 84.6 Å². The van der Waals surface area contributed by atoms with Crippen LogP contribution in [0.15, 0.2) is 30.5 Å². The molecule has 0 unspecified atom stereocenters. The Morgan fingerprint density at radius 3 is 2.67 bits per heavy atom. The predicted molar refractivity (Wildman–Crippen MR) is 104 cm³/mol. The first-order chi connectivity index (χ1) is 12.9. The van der Waals surface area contributed by atoms with Gasteiger partial charge in [0.05, 0.1) is 6.54 Å². The first-order valence-corrected chi connectivity index (χ1v) is 9.03. The molecule has 0 radical (unpaired) electrons. The Hall–Kier alpha value is -2.87. The van der Waals surface area contributed by atoms with Gasteiger partial charge in [0.2, 0.25) is 0 Å². The quantitative estimate of drug-likeness (QED) is 0.859. The van der Waals surface area contributed by atoms with Gasteiger partial charge in [0.1, 0.15) is 5.82 Å². The van der Waals surface area contributed by atoms with E-state index in [1.165, 1.54) is 4.90 Å². The van der Waals surface area contributed by atoms with Crippen LogP contribution in [0.4, 0.5) is 10.5 Å². The van der Waals surface area contributed by atoms with E-state index in [4.69, 9.17) is 0 Å². The molecule has 0 spiro atoms. The Kier molecular flexibility index (Phi) is 5.75. The van der Waals surface area contributed by atoms with Crippen LogP contribution < -0.4 is 5.32 Å². The number of benzene rings is 1. The minimum Gasteiger partial charge on any atom is -0.345 e. The largest absolute Gasteiger partial charge is 0.345 e. The molecule has 3 rings (SSSR count). The van der Waals surface area contributed by atoms with E-state index in [-0.39, 0.29) is 11.9 Å². The molecular formula is C19H26N6O2. The van der Waals surface area contributed by atoms with Crippen LogP contribution in [-0.4, -0.2) is 76.9 Å². The SMILES string of the molecule is Cc1cnc(CN(C)C(=O)Nc2cccc(C(=O)N3CCN(C)CC3)c2)[nH]1. The number of aromatic amines is 1. The lowest BCUT2D eigenvalue weighted by Crippen LogP contribution is -2.47. The number of imidazole rings is 1. The molecule has 8 nitrogen and oxygen atoms in total. The highest BCUT2D eigenvalue weighted by atomic mass is 16.2. The molecule has 144 valence electrons. The third-order valence-electron chi connectivity index (χ3n) is 4.64. The third-order valence-corrected chi connectivity index (χ3v) is 4.64. The molecule has 3 amide bonds. The van der Waals surface area contributed by atoms with Crippen molar-refractivity contribution in [3.63, 3.8) is 0 Å². The van der Waals surface area contributed by atoms with Crippen molar-refractivity contribution in [2.45, 2.75) is 13.5 Å². The summed E-state index contributed by atoms with van der Waals surface area (Å²) in [6.07, 6.45) is 1.73. The molecule has 1 aromatic heterocycles. The first kappa shape index (κ1) is 18.9. The molecule has 0 saturated carbocycles. The average Bonchev–Trinajstić information content (AvgIpc) is 3.06. The van der Waals surface area contributed by atoms with Crippen LogP contribution in [0.1, 0.15) is 21.9 Å². The van der Waals surface area contributed by atoms with Crippen molar-refractivity contribution in [1.29, 1.82) is 0 Å². The maximum Gasteiger partial charge on any atom is 0.321 e. The maximum atomic E-state index is 12.7. The predicted octanol–water partition coefficient (Wildman–Crippen LogP) is 1.77. The Morgan fingerprint density at radius 2 is 2.00 bits per heavy atom. The van der Waals surface area contributed by atoms with Gasteiger partial charge in [-0.3, -0.25) is 4.79 Å². The van der Waals surface area contributed by atoms with Crippen LogP contribution in [0.5, 0.6) is 0 Å². The number of carbonyl (C=O) groups excluding carboxylic acids is 2. The van der Waals surface area contributed by atoms with E-state index in [9.17, 15) is 9.59 Å². The number of likely N-dealkylation sites (N-methyl/N-ethyl adjacent to an activating group) is 1. The highest BCUT2D eigenvalue weighted by Crippen LogP contribution is 2.15. The summed E-state index contributed by atoms with van der Waals surface area (Å²) in [6, 6.07) is 6.82. The van der Waals surface area contributed by atoms with Crippen LogP contribution in [0.2, 0.25) is 0 Å². The van der Waals surface area contributed by atoms with Crippen LogP contribution >= 0.6 is 0 Å². The third kappa shape index (κ3) is 4.85. The molecule has 1 aromatic carbocycles. The van der Waals surface area contributed by atoms with Crippen molar-refractivity contribution in [2.75, 3.05) is 45.6 Å². The number of aryl methyl sites for hydroxylation is 1. The van der Waals surface area contributed by atoms with Crippen LogP contribution in [0.25, 0.3) is 0 Å². The van der Waals surface area contributed by atoms with Gasteiger partial charge >= 0.3 is 6.03 Å². The van der Waals surface area contributed by atoms with Gasteiger partial charge < -0.3 is 25.0 Å². The number of aromatic nitrogens is 2. The number of hydrogen-bond donors (Lipinski definition) is 2. The molecule has 2 heterocycles. The summed E-state index contributed by atoms with van der Waals surface area (Å²) in [4.78, 5) is 38.0. The molecule has 8 heteroatoms. The zero-order chi connectivity index (χ0) is 19.4. The number of anilines is 1. The number of nitrogens with zero attached hydrogens (tertiary/aromatic N) is 4. The zero-order valence-electron chi connectivity index (χ0n) is 16.0. The van der Waals surface area contributed by atoms with Gasteiger partial charge in [0, 0.05) is 56.4 Å². The van der Waals surface area contributed by atoms with E-state index in [2.05, 4.69) is 27.2 Å². The number of piperazine rings is 1. The fraction of sp³-hybridized carbons (Fsp3) is 0.421. The van der Waals surface area contributed by atoms with Crippen LogP contribution in [-0.2, 0) is 6.54 Å². The molecular weight excluding hydrogens is 344 g/mol. The van der Waals surface area contributed by atoms with Gasteiger partial charge in [-0.25, -0.2) is 9.78 Å². The van der Waals surface area contributed by atoms with Crippen LogP contribution in [0, 0.1) is 6.92 Å².